The second kappa shape index (κ2) is 8.91. The summed E-state index contributed by atoms with van der Waals surface area (Å²) in [6, 6.07) is 7.69. The van der Waals surface area contributed by atoms with E-state index in [0.29, 0.717) is 11.7 Å². The fourth-order valence-electron chi connectivity index (χ4n) is 2.20. The van der Waals surface area contributed by atoms with Gasteiger partial charge in [-0.1, -0.05) is 24.3 Å². The number of thiazole rings is 1. The highest BCUT2D eigenvalue weighted by molar-refractivity contribution is 7.13. The van der Waals surface area contributed by atoms with Crippen LogP contribution >= 0.6 is 11.3 Å². The van der Waals surface area contributed by atoms with E-state index in [9.17, 15) is 4.79 Å². The second-order valence-electron chi connectivity index (χ2n) is 5.66. The van der Waals surface area contributed by atoms with Crippen LogP contribution in [0.1, 0.15) is 21.9 Å². The molecule has 10 heteroatoms. The first-order valence-electron chi connectivity index (χ1n) is 8.35. The number of esters is 1. The predicted octanol–water partition coefficient (Wildman–Crippen LogP) is 2.92. The number of nitrogens with two attached hydrogens (primary N) is 1. The van der Waals surface area contributed by atoms with Gasteiger partial charge in [0.15, 0.2) is 23.3 Å². The van der Waals surface area contributed by atoms with Crippen molar-refractivity contribution in [3.05, 3.63) is 59.4 Å². The Morgan fingerprint density at radius 2 is 2.11 bits per heavy atom. The third-order valence-electron chi connectivity index (χ3n) is 3.53. The largest absolute Gasteiger partial charge is 0.453 e. The normalized spacial score (nSPS) is 10.3. The molecule has 3 rings (SSSR count). The van der Waals surface area contributed by atoms with E-state index in [1.54, 1.807) is 11.5 Å². The standard InChI is InChI=1S/C18H19N7O2S/c1-3-8-20-18-22-13(10-28-18)15(26)27-9-14-23-16(19)25-17(24-14)21-12-7-5-4-6-11(12)2/h3-7,10H,1,8-9H2,2H3,(H,20,22)(H3,19,21,23,24,25). The number of para-hydroxylation sites is 1. The van der Waals surface area contributed by atoms with Crippen LogP contribution in [0, 0.1) is 6.92 Å². The van der Waals surface area contributed by atoms with Gasteiger partial charge >= 0.3 is 5.97 Å². The van der Waals surface area contributed by atoms with Crippen molar-refractivity contribution in [2.45, 2.75) is 13.5 Å². The van der Waals surface area contributed by atoms with Gasteiger partial charge in [-0.2, -0.15) is 15.0 Å². The van der Waals surface area contributed by atoms with Gasteiger partial charge in [-0.3, -0.25) is 0 Å². The lowest BCUT2D eigenvalue weighted by Crippen LogP contribution is -2.11. The molecule has 4 N–H and O–H groups in total. The summed E-state index contributed by atoms with van der Waals surface area (Å²) in [6.45, 7) is 5.98. The van der Waals surface area contributed by atoms with Gasteiger partial charge in [0.2, 0.25) is 11.9 Å². The molecule has 0 saturated carbocycles. The van der Waals surface area contributed by atoms with Crippen LogP contribution in [0.3, 0.4) is 0 Å². The summed E-state index contributed by atoms with van der Waals surface area (Å²) < 4.78 is 5.24. The smallest absolute Gasteiger partial charge is 0.358 e. The average Bonchev–Trinajstić information content (AvgIpc) is 3.15. The number of anilines is 4. The molecule has 2 aromatic heterocycles. The number of aromatic nitrogens is 4. The van der Waals surface area contributed by atoms with Crippen LogP contribution in [0.4, 0.5) is 22.7 Å². The van der Waals surface area contributed by atoms with Gasteiger partial charge in [0, 0.05) is 17.6 Å². The highest BCUT2D eigenvalue weighted by Gasteiger charge is 2.14. The number of benzene rings is 1. The number of hydrogen-bond donors (Lipinski definition) is 3. The zero-order valence-corrected chi connectivity index (χ0v) is 16.0. The maximum atomic E-state index is 12.2. The van der Waals surface area contributed by atoms with Crippen LogP contribution in [0.5, 0.6) is 0 Å². The molecule has 0 amide bonds. The number of nitrogens with zero attached hydrogens (tertiary/aromatic N) is 4. The van der Waals surface area contributed by atoms with E-state index in [2.05, 4.69) is 37.1 Å². The minimum absolute atomic E-state index is 0.0294. The van der Waals surface area contributed by atoms with Crippen molar-refractivity contribution in [2.24, 2.45) is 0 Å². The number of carbonyl (C=O) groups is 1. The van der Waals surface area contributed by atoms with Crippen LogP contribution in [-0.2, 0) is 11.3 Å². The number of aryl methyl sites for hydroxylation is 1. The summed E-state index contributed by atoms with van der Waals surface area (Å²) in [5.74, 6) is -0.0356. The molecule has 144 valence electrons. The maximum Gasteiger partial charge on any atom is 0.358 e. The van der Waals surface area contributed by atoms with Crippen LogP contribution < -0.4 is 16.4 Å². The molecule has 0 fully saturated rings. The summed E-state index contributed by atoms with van der Waals surface area (Å²) in [7, 11) is 0. The fourth-order valence-corrected chi connectivity index (χ4v) is 2.89. The first kappa shape index (κ1) is 19.2. The SMILES string of the molecule is C=CCNc1nc(C(=O)OCc2nc(N)nc(Nc3ccccc3C)n2)cs1. The number of carbonyl (C=O) groups excluding carboxylic acids is 1. The van der Waals surface area contributed by atoms with Gasteiger partial charge in [-0.15, -0.1) is 17.9 Å². The van der Waals surface area contributed by atoms with Crippen molar-refractivity contribution in [2.75, 3.05) is 22.9 Å². The van der Waals surface area contributed by atoms with E-state index < -0.39 is 5.97 Å². The van der Waals surface area contributed by atoms with E-state index in [4.69, 9.17) is 10.5 Å². The van der Waals surface area contributed by atoms with Crippen molar-refractivity contribution in [3.63, 3.8) is 0 Å². The van der Waals surface area contributed by atoms with Crippen LogP contribution in [0.2, 0.25) is 0 Å². The highest BCUT2D eigenvalue weighted by Crippen LogP contribution is 2.19. The van der Waals surface area contributed by atoms with E-state index in [1.807, 2.05) is 31.2 Å². The Morgan fingerprint density at radius 1 is 1.29 bits per heavy atom. The molecule has 3 aromatic rings. The molecule has 9 nitrogen and oxygen atoms in total. The Kier molecular flexibility index (Phi) is 6.12. The lowest BCUT2D eigenvalue weighted by Gasteiger charge is -2.09. The first-order valence-corrected chi connectivity index (χ1v) is 9.23. The van der Waals surface area contributed by atoms with Gasteiger partial charge in [-0.05, 0) is 18.6 Å². The number of nitrogen functional groups attached to an aromatic ring is 1. The van der Waals surface area contributed by atoms with Crippen molar-refractivity contribution in [1.29, 1.82) is 0 Å². The molecule has 0 bridgehead atoms. The predicted molar refractivity (Wildman–Crippen MR) is 109 cm³/mol. The molecule has 0 spiro atoms. The summed E-state index contributed by atoms with van der Waals surface area (Å²) in [6.07, 6.45) is 1.70. The van der Waals surface area contributed by atoms with Gasteiger partial charge in [0.05, 0.1) is 0 Å². The van der Waals surface area contributed by atoms with E-state index in [-0.39, 0.29) is 30.0 Å². The molecule has 28 heavy (non-hydrogen) atoms. The van der Waals surface area contributed by atoms with E-state index in [1.165, 1.54) is 11.3 Å². The molecule has 0 aliphatic heterocycles. The third-order valence-corrected chi connectivity index (χ3v) is 4.33. The summed E-state index contributed by atoms with van der Waals surface area (Å²) in [5, 5.41) is 8.32. The number of ether oxygens (including phenoxy) is 1. The zero-order chi connectivity index (χ0) is 19.9. The van der Waals surface area contributed by atoms with Crippen LogP contribution in [0.15, 0.2) is 42.3 Å². The Morgan fingerprint density at radius 3 is 2.89 bits per heavy atom. The topological polar surface area (TPSA) is 128 Å². The first-order chi connectivity index (χ1) is 13.5. The van der Waals surface area contributed by atoms with Crippen LogP contribution in [-0.4, -0.2) is 32.4 Å². The van der Waals surface area contributed by atoms with Crippen molar-refractivity contribution < 1.29 is 9.53 Å². The minimum atomic E-state index is -0.574. The second-order valence-corrected chi connectivity index (χ2v) is 6.52. The lowest BCUT2D eigenvalue weighted by molar-refractivity contribution is 0.0456. The molecular formula is C18H19N7O2S. The van der Waals surface area contributed by atoms with Gasteiger partial charge < -0.3 is 21.1 Å². The lowest BCUT2D eigenvalue weighted by atomic mass is 10.2. The Bertz CT molecular complexity index is 990. The molecule has 0 aliphatic rings. The minimum Gasteiger partial charge on any atom is -0.453 e. The van der Waals surface area contributed by atoms with Crippen molar-refractivity contribution in [3.8, 4) is 0 Å². The van der Waals surface area contributed by atoms with Crippen molar-refractivity contribution in [1.82, 2.24) is 19.9 Å². The molecule has 0 unspecified atom stereocenters. The van der Waals surface area contributed by atoms with E-state index in [0.717, 1.165) is 11.3 Å². The summed E-state index contributed by atoms with van der Waals surface area (Å²) >= 11 is 1.30. The van der Waals surface area contributed by atoms with Crippen molar-refractivity contribution >= 4 is 40.0 Å². The third kappa shape index (κ3) is 5.01. The molecule has 2 heterocycles. The molecule has 0 atom stereocenters. The monoisotopic (exact) mass is 397 g/mol. The van der Waals surface area contributed by atoms with Gasteiger partial charge in [0.1, 0.15) is 0 Å². The van der Waals surface area contributed by atoms with Gasteiger partial charge in [0.25, 0.3) is 0 Å². The maximum absolute atomic E-state index is 12.2. The molecular weight excluding hydrogens is 378 g/mol. The number of hydrogen-bond acceptors (Lipinski definition) is 10. The highest BCUT2D eigenvalue weighted by atomic mass is 32.1. The molecule has 0 saturated heterocycles. The fraction of sp³-hybridized carbons (Fsp3) is 0.167. The Hall–Kier alpha value is -3.53. The molecule has 1 aromatic carbocycles. The Labute approximate surface area is 165 Å². The summed E-state index contributed by atoms with van der Waals surface area (Å²) in [4.78, 5) is 28.6. The van der Waals surface area contributed by atoms with Gasteiger partial charge in [-0.25, -0.2) is 9.78 Å². The Balaban J connectivity index is 1.65. The van der Waals surface area contributed by atoms with E-state index >= 15 is 0 Å². The van der Waals surface area contributed by atoms with Crippen LogP contribution in [0.25, 0.3) is 0 Å². The number of rotatable bonds is 8. The number of nitrogens with one attached hydrogen (secondary N) is 2. The molecule has 0 aliphatic carbocycles. The average molecular weight is 397 g/mol. The molecule has 0 radical (unpaired) electrons. The quantitative estimate of drug-likeness (QED) is 0.388. The zero-order valence-electron chi connectivity index (χ0n) is 15.2. The summed E-state index contributed by atoms with van der Waals surface area (Å²) in [5.41, 5.74) is 7.83.